The number of nitrogens with two attached hydrogens (primary N) is 1. The Morgan fingerprint density at radius 3 is 1.71 bits per heavy atom. The van der Waals surface area contributed by atoms with Crippen LogP contribution in [0, 0.1) is 5.41 Å². The van der Waals surface area contributed by atoms with Crippen molar-refractivity contribution in [2.45, 2.75) is 122 Å². The predicted octanol–water partition coefficient (Wildman–Crippen LogP) is 5.88. The first-order valence-electron chi connectivity index (χ1n) is 12.3. The first-order chi connectivity index (χ1) is 14.7. The number of carboxylic acids is 1. The first kappa shape index (κ1) is 30.3. The molecular weight excluding hydrogens is 418 g/mol. The standard InChI is InChI=1S/C14H30O4S.C9H17NO2/c1-2-3-4-5-6-7-8-9-10-11-12-13-14-18-19(15,16)17;10-7-9(6-8(11)12)4-2-1-3-5-9/h2-14H2,1H3,(H,15,16,17);1-7,10H2,(H,11,12). The van der Waals surface area contributed by atoms with E-state index in [2.05, 4.69) is 11.1 Å². The number of hydrogen-bond donors (Lipinski definition) is 3. The molecule has 0 radical (unpaired) electrons. The molecule has 4 N–H and O–H groups in total. The fraction of sp³-hybridized carbons (Fsp3) is 0.957. The Bertz CT molecular complexity index is 532. The SMILES string of the molecule is CCCCCCCCCCCCCCOS(=O)(=O)O.NCC1(CC(=O)O)CCCCC1. The third kappa shape index (κ3) is 19.7. The van der Waals surface area contributed by atoms with Crippen molar-refractivity contribution in [3.8, 4) is 0 Å². The van der Waals surface area contributed by atoms with Gasteiger partial charge in [-0.05, 0) is 31.2 Å². The van der Waals surface area contributed by atoms with E-state index in [4.69, 9.17) is 15.4 Å². The summed E-state index contributed by atoms with van der Waals surface area (Å²) in [4.78, 5) is 10.6. The van der Waals surface area contributed by atoms with Crippen LogP contribution < -0.4 is 5.73 Å². The summed E-state index contributed by atoms with van der Waals surface area (Å²) in [5.74, 6) is -0.706. The Kier molecular flexibility index (Phi) is 18.4. The molecule has 8 heteroatoms. The van der Waals surface area contributed by atoms with Gasteiger partial charge in [-0.15, -0.1) is 0 Å². The zero-order valence-corrected chi connectivity index (χ0v) is 20.5. The van der Waals surface area contributed by atoms with Gasteiger partial charge in [0.2, 0.25) is 0 Å². The summed E-state index contributed by atoms with van der Waals surface area (Å²) in [6, 6.07) is 0. The Hall–Kier alpha value is -0.700. The van der Waals surface area contributed by atoms with Gasteiger partial charge in [0.1, 0.15) is 0 Å². The van der Waals surface area contributed by atoms with Gasteiger partial charge in [-0.1, -0.05) is 96.8 Å². The number of carbonyl (C=O) groups is 1. The molecule has 0 aromatic carbocycles. The average Bonchev–Trinajstić information content (AvgIpc) is 2.71. The minimum Gasteiger partial charge on any atom is -0.481 e. The minimum atomic E-state index is -4.24. The van der Waals surface area contributed by atoms with E-state index in [1.54, 1.807) is 0 Å². The van der Waals surface area contributed by atoms with Crippen LogP contribution in [0.15, 0.2) is 0 Å². The molecule has 0 bridgehead atoms. The molecular formula is C23H47NO6S. The van der Waals surface area contributed by atoms with Gasteiger partial charge < -0.3 is 10.8 Å². The molecule has 0 aromatic rings. The first-order valence-corrected chi connectivity index (χ1v) is 13.6. The van der Waals surface area contributed by atoms with Crippen LogP contribution in [0.25, 0.3) is 0 Å². The van der Waals surface area contributed by atoms with E-state index in [1.807, 2.05) is 0 Å². The summed E-state index contributed by atoms with van der Waals surface area (Å²) in [6.45, 7) is 2.86. The van der Waals surface area contributed by atoms with Gasteiger partial charge >= 0.3 is 16.4 Å². The van der Waals surface area contributed by atoms with Crippen molar-refractivity contribution in [3.63, 3.8) is 0 Å². The average molecular weight is 466 g/mol. The number of rotatable bonds is 17. The van der Waals surface area contributed by atoms with Crippen LogP contribution in [-0.4, -0.2) is 37.2 Å². The second kappa shape index (κ2) is 18.8. The third-order valence-corrected chi connectivity index (χ3v) is 6.57. The number of carboxylic acid groups (broad SMARTS) is 1. The lowest BCUT2D eigenvalue weighted by molar-refractivity contribution is -0.140. The number of hydrogen-bond acceptors (Lipinski definition) is 5. The predicted molar refractivity (Wildman–Crippen MR) is 125 cm³/mol. The summed E-state index contributed by atoms with van der Waals surface area (Å²) < 4.78 is 33.1. The number of unbranched alkanes of at least 4 members (excludes halogenated alkanes) is 11. The summed E-state index contributed by atoms with van der Waals surface area (Å²) in [7, 11) is -4.24. The molecule has 0 spiro atoms. The second-order valence-corrected chi connectivity index (χ2v) is 10.1. The zero-order chi connectivity index (χ0) is 23.4. The van der Waals surface area contributed by atoms with Crippen molar-refractivity contribution in [2.75, 3.05) is 13.2 Å². The Labute approximate surface area is 190 Å². The lowest BCUT2D eigenvalue weighted by Gasteiger charge is -2.34. The Morgan fingerprint density at radius 1 is 0.871 bits per heavy atom. The molecule has 7 nitrogen and oxygen atoms in total. The molecule has 0 saturated heterocycles. The maximum atomic E-state index is 10.6. The van der Waals surface area contributed by atoms with Crippen molar-refractivity contribution in [2.24, 2.45) is 11.1 Å². The fourth-order valence-corrected chi connectivity index (χ4v) is 4.51. The minimum absolute atomic E-state index is 0.0793. The lowest BCUT2D eigenvalue weighted by atomic mass is 9.72. The summed E-state index contributed by atoms with van der Waals surface area (Å²) in [6.07, 6.45) is 20.5. The molecule has 1 aliphatic carbocycles. The van der Waals surface area contributed by atoms with E-state index < -0.39 is 16.4 Å². The Balaban J connectivity index is 0.000000639. The van der Waals surface area contributed by atoms with Crippen LogP contribution in [0.4, 0.5) is 0 Å². The monoisotopic (exact) mass is 465 g/mol. The van der Waals surface area contributed by atoms with E-state index in [0.29, 0.717) is 13.0 Å². The van der Waals surface area contributed by atoms with Crippen molar-refractivity contribution < 1.29 is 27.1 Å². The molecule has 0 aliphatic heterocycles. The molecule has 186 valence electrons. The van der Waals surface area contributed by atoms with Crippen LogP contribution in [0.3, 0.4) is 0 Å². The van der Waals surface area contributed by atoms with E-state index in [9.17, 15) is 13.2 Å². The second-order valence-electron chi connectivity index (χ2n) is 8.97. The highest BCUT2D eigenvalue weighted by atomic mass is 32.3. The van der Waals surface area contributed by atoms with E-state index in [0.717, 1.165) is 38.5 Å². The molecule has 31 heavy (non-hydrogen) atoms. The maximum absolute atomic E-state index is 10.6. The topological polar surface area (TPSA) is 127 Å². The van der Waals surface area contributed by atoms with Gasteiger partial charge in [-0.25, -0.2) is 4.18 Å². The smallest absolute Gasteiger partial charge is 0.397 e. The van der Waals surface area contributed by atoms with Crippen molar-refractivity contribution in [1.29, 1.82) is 0 Å². The van der Waals surface area contributed by atoms with Crippen molar-refractivity contribution >= 4 is 16.4 Å². The molecule has 0 atom stereocenters. The maximum Gasteiger partial charge on any atom is 0.397 e. The highest BCUT2D eigenvalue weighted by Crippen LogP contribution is 2.38. The van der Waals surface area contributed by atoms with E-state index >= 15 is 0 Å². The van der Waals surface area contributed by atoms with Crippen molar-refractivity contribution in [1.82, 2.24) is 0 Å². The molecule has 1 fully saturated rings. The van der Waals surface area contributed by atoms with Gasteiger partial charge in [0.05, 0.1) is 13.0 Å². The molecule has 0 aromatic heterocycles. The van der Waals surface area contributed by atoms with Crippen LogP contribution >= 0.6 is 0 Å². The summed E-state index contributed by atoms with van der Waals surface area (Å²) in [5.41, 5.74) is 5.54. The van der Waals surface area contributed by atoms with Crippen LogP contribution in [0.1, 0.15) is 122 Å². The Morgan fingerprint density at radius 2 is 1.32 bits per heavy atom. The summed E-state index contributed by atoms with van der Waals surface area (Å²) >= 11 is 0. The van der Waals surface area contributed by atoms with Crippen molar-refractivity contribution in [3.05, 3.63) is 0 Å². The van der Waals surface area contributed by atoms with Gasteiger partial charge in [-0.3, -0.25) is 9.35 Å². The van der Waals surface area contributed by atoms with Gasteiger partial charge in [-0.2, -0.15) is 8.42 Å². The highest BCUT2D eigenvalue weighted by Gasteiger charge is 2.32. The van der Waals surface area contributed by atoms with Gasteiger partial charge in [0.15, 0.2) is 0 Å². The molecule has 1 rings (SSSR count). The van der Waals surface area contributed by atoms with Crippen LogP contribution in [0.2, 0.25) is 0 Å². The van der Waals surface area contributed by atoms with Crippen LogP contribution in [-0.2, 0) is 19.4 Å². The zero-order valence-electron chi connectivity index (χ0n) is 19.7. The molecule has 0 unspecified atom stereocenters. The van der Waals surface area contributed by atoms with Crippen LogP contribution in [0.5, 0.6) is 0 Å². The quantitative estimate of drug-likeness (QED) is 0.181. The molecule has 1 aliphatic rings. The molecule has 0 heterocycles. The molecule has 1 saturated carbocycles. The summed E-state index contributed by atoms with van der Waals surface area (Å²) in [5, 5.41) is 8.71. The van der Waals surface area contributed by atoms with E-state index in [1.165, 1.54) is 64.2 Å². The van der Waals surface area contributed by atoms with Gasteiger partial charge in [0.25, 0.3) is 0 Å². The normalized spacial score (nSPS) is 15.8. The third-order valence-electron chi connectivity index (χ3n) is 6.10. The highest BCUT2D eigenvalue weighted by molar-refractivity contribution is 7.80. The molecule has 0 amide bonds. The lowest BCUT2D eigenvalue weighted by Crippen LogP contribution is -2.34. The van der Waals surface area contributed by atoms with Gasteiger partial charge in [0, 0.05) is 0 Å². The van der Waals surface area contributed by atoms with E-state index in [-0.39, 0.29) is 18.4 Å². The number of aliphatic carboxylic acids is 1. The fourth-order valence-electron chi connectivity index (χ4n) is 4.18. The largest absolute Gasteiger partial charge is 0.481 e.